The monoisotopic (exact) mass is 476 g/mol. The first-order chi connectivity index (χ1) is 16.8. The molecule has 0 unspecified atom stereocenters. The van der Waals surface area contributed by atoms with Crippen LogP contribution in [0.3, 0.4) is 0 Å². The number of fused-ring (bicyclic) bond motifs is 1. The molecule has 1 aromatic heterocycles. The first kappa shape index (κ1) is 24.9. The number of pyridine rings is 1. The molecule has 0 saturated carbocycles. The molecule has 186 valence electrons. The highest BCUT2D eigenvalue weighted by atomic mass is 16.2. The molecule has 3 amide bonds. The zero-order chi connectivity index (χ0) is 25.3. The van der Waals surface area contributed by atoms with Crippen molar-refractivity contribution in [3.8, 4) is 0 Å². The molecule has 1 saturated heterocycles. The van der Waals surface area contributed by atoms with Gasteiger partial charge in [0.25, 0.3) is 0 Å². The van der Waals surface area contributed by atoms with Crippen LogP contribution in [0.4, 0.5) is 0 Å². The first-order valence-electron chi connectivity index (χ1n) is 12.6. The minimum absolute atomic E-state index is 0.0414. The van der Waals surface area contributed by atoms with Crippen LogP contribution in [0.25, 0.3) is 0 Å². The van der Waals surface area contributed by atoms with E-state index in [1.54, 1.807) is 25.2 Å². The topological polar surface area (TPSA) is 82.6 Å². The number of nitrogens with zero attached hydrogens (tertiary/aromatic N) is 3. The minimum Gasteiger partial charge on any atom is -0.347 e. The molecule has 3 atom stereocenters. The molecule has 2 aliphatic rings. The zero-order valence-electron chi connectivity index (χ0n) is 21.3. The van der Waals surface area contributed by atoms with Crippen molar-refractivity contribution in [3.05, 3.63) is 65.0 Å². The predicted octanol–water partition coefficient (Wildman–Crippen LogP) is 3.07. The Bertz CT molecular complexity index is 1070. The molecule has 1 aromatic carbocycles. The van der Waals surface area contributed by atoms with E-state index < -0.39 is 18.1 Å². The van der Waals surface area contributed by atoms with Crippen molar-refractivity contribution in [1.82, 2.24) is 20.1 Å². The third kappa shape index (κ3) is 4.68. The number of aromatic nitrogens is 1. The molecule has 1 aliphatic heterocycles. The van der Waals surface area contributed by atoms with Crippen molar-refractivity contribution in [2.45, 2.75) is 64.6 Å². The number of amides is 3. The van der Waals surface area contributed by atoms with E-state index in [9.17, 15) is 14.4 Å². The molecule has 7 nitrogen and oxygen atoms in total. The van der Waals surface area contributed by atoms with E-state index in [0.29, 0.717) is 5.56 Å². The molecule has 4 rings (SSSR count). The third-order valence-corrected chi connectivity index (χ3v) is 7.64. The molecule has 35 heavy (non-hydrogen) atoms. The van der Waals surface area contributed by atoms with Crippen LogP contribution < -0.4 is 5.32 Å². The number of hydrogen-bond acceptors (Lipinski definition) is 4. The molecule has 2 heterocycles. The maximum absolute atomic E-state index is 14.3. The Kier molecular flexibility index (Phi) is 7.24. The quantitative estimate of drug-likeness (QED) is 0.666. The summed E-state index contributed by atoms with van der Waals surface area (Å²) >= 11 is 0. The third-order valence-electron chi connectivity index (χ3n) is 7.64. The SMILES string of the molecule is CCC(CC)[C@@H]1C(=O)N[C@H](C2Cc3ccccc3C2)C(=O)N1[C@@H](C(=O)N(C)C)c1ccc(C)nc1. The average molecular weight is 477 g/mol. The van der Waals surface area contributed by atoms with Crippen LogP contribution in [0.5, 0.6) is 0 Å². The van der Waals surface area contributed by atoms with Gasteiger partial charge in [0.2, 0.25) is 17.7 Å². The van der Waals surface area contributed by atoms with Gasteiger partial charge in [-0.05, 0) is 48.8 Å². The lowest BCUT2D eigenvalue weighted by molar-refractivity contribution is -0.161. The number of likely N-dealkylation sites (N-methyl/N-ethyl adjacent to an activating group) is 1. The lowest BCUT2D eigenvalue weighted by Gasteiger charge is -2.47. The molecular weight excluding hydrogens is 440 g/mol. The maximum Gasteiger partial charge on any atom is 0.249 e. The second-order valence-electron chi connectivity index (χ2n) is 10.1. The normalized spacial score (nSPS) is 21.1. The average Bonchev–Trinajstić information content (AvgIpc) is 3.28. The molecule has 7 heteroatoms. The van der Waals surface area contributed by atoms with Crippen molar-refractivity contribution < 1.29 is 14.4 Å². The number of aryl methyl sites for hydroxylation is 1. The van der Waals surface area contributed by atoms with Crippen LogP contribution in [-0.4, -0.2) is 58.7 Å². The summed E-state index contributed by atoms with van der Waals surface area (Å²) in [6, 6.07) is 9.59. The van der Waals surface area contributed by atoms with E-state index in [4.69, 9.17) is 0 Å². The van der Waals surface area contributed by atoms with E-state index in [1.165, 1.54) is 16.0 Å². The molecule has 1 fully saturated rings. The summed E-state index contributed by atoms with van der Waals surface area (Å²) in [4.78, 5) is 49.1. The lowest BCUT2D eigenvalue weighted by Crippen LogP contribution is -2.68. The van der Waals surface area contributed by atoms with Gasteiger partial charge in [-0.2, -0.15) is 0 Å². The van der Waals surface area contributed by atoms with Gasteiger partial charge in [0, 0.05) is 31.5 Å². The van der Waals surface area contributed by atoms with Crippen LogP contribution >= 0.6 is 0 Å². The van der Waals surface area contributed by atoms with Gasteiger partial charge in [-0.25, -0.2) is 0 Å². The van der Waals surface area contributed by atoms with Crippen LogP contribution in [0.15, 0.2) is 42.6 Å². The van der Waals surface area contributed by atoms with E-state index in [-0.39, 0.29) is 29.6 Å². The van der Waals surface area contributed by atoms with E-state index in [1.807, 2.05) is 45.0 Å². The highest BCUT2D eigenvalue weighted by molar-refractivity contribution is 6.00. The van der Waals surface area contributed by atoms with Crippen molar-refractivity contribution in [1.29, 1.82) is 0 Å². The number of benzene rings is 1. The fraction of sp³-hybridized carbons (Fsp3) is 0.500. The van der Waals surface area contributed by atoms with Gasteiger partial charge >= 0.3 is 0 Å². The van der Waals surface area contributed by atoms with Gasteiger partial charge in [0.1, 0.15) is 18.1 Å². The number of carbonyl (C=O) groups excluding carboxylic acids is 3. The first-order valence-corrected chi connectivity index (χ1v) is 12.6. The highest BCUT2D eigenvalue weighted by Gasteiger charge is 2.51. The Morgan fingerprint density at radius 2 is 1.71 bits per heavy atom. The number of piperazine rings is 1. The van der Waals surface area contributed by atoms with Gasteiger partial charge in [0.05, 0.1) is 0 Å². The number of rotatable bonds is 7. The van der Waals surface area contributed by atoms with E-state index in [0.717, 1.165) is 31.4 Å². The number of carbonyl (C=O) groups is 3. The minimum atomic E-state index is -0.909. The molecular formula is C28H36N4O3. The highest BCUT2D eigenvalue weighted by Crippen LogP contribution is 2.37. The Hall–Kier alpha value is -3.22. The van der Waals surface area contributed by atoms with Crippen molar-refractivity contribution in [2.75, 3.05) is 14.1 Å². The summed E-state index contributed by atoms with van der Waals surface area (Å²) in [5.74, 6) is -0.684. The molecule has 1 aliphatic carbocycles. The van der Waals surface area contributed by atoms with Gasteiger partial charge in [0.15, 0.2) is 0 Å². The summed E-state index contributed by atoms with van der Waals surface area (Å²) in [7, 11) is 3.37. The summed E-state index contributed by atoms with van der Waals surface area (Å²) in [6.07, 6.45) is 4.58. The summed E-state index contributed by atoms with van der Waals surface area (Å²) < 4.78 is 0. The fourth-order valence-corrected chi connectivity index (χ4v) is 5.64. The maximum atomic E-state index is 14.3. The molecule has 0 bridgehead atoms. The largest absolute Gasteiger partial charge is 0.347 e. The number of hydrogen-bond donors (Lipinski definition) is 1. The van der Waals surface area contributed by atoms with Crippen molar-refractivity contribution in [3.63, 3.8) is 0 Å². The Morgan fingerprint density at radius 3 is 2.23 bits per heavy atom. The summed E-state index contributed by atoms with van der Waals surface area (Å²) in [5, 5.41) is 3.09. The van der Waals surface area contributed by atoms with Crippen molar-refractivity contribution >= 4 is 17.7 Å². The Balaban J connectivity index is 1.79. The second kappa shape index (κ2) is 10.2. The van der Waals surface area contributed by atoms with Gasteiger partial charge in [-0.1, -0.05) is 57.0 Å². The van der Waals surface area contributed by atoms with Crippen LogP contribution in [-0.2, 0) is 27.2 Å². The lowest BCUT2D eigenvalue weighted by atomic mass is 9.84. The zero-order valence-corrected chi connectivity index (χ0v) is 21.3. The van der Waals surface area contributed by atoms with Gasteiger partial charge in [-0.15, -0.1) is 0 Å². The fourth-order valence-electron chi connectivity index (χ4n) is 5.64. The second-order valence-corrected chi connectivity index (χ2v) is 10.1. The Morgan fingerprint density at radius 1 is 1.09 bits per heavy atom. The summed E-state index contributed by atoms with van der Waals surface area (Å²) in [6.45, 7) is 5.94. The van der Waals surface area contributed by atoms with E-state index >= 15 is 0 Å². The Labute approximate surface area is 207 Å². The van der Waals surface area contributed by atoms with Crippen LogP contribution in [0.2, 0.25) is 0 Å². The van der Waals surface area contributed by atoms with Crippen LogP contribution in [0.1, 0.15) is 55.1 Å². The van der Waals surface area contributed by atoms with Crippen LogP contribution in [0, 0.1) is 18.8 Å². The van der Waals surface area contributed by atoms with E-state index in [2.05, 4.69) is 22.4 Å². The van der Waals surface area contributed by atoms with Crippen molar-refractivity contribution in [2.24, 2.45) is 11.8 Å². The van der Waals surface area contributed by atoms with Gasteiger partial charge in [-0.3, -0.25) is 19.4 Å². The predicted molar refractivity (Wildman–Crippen MR) is 134 cm³/mol. The molecule has 2 aromatic rings. The standard InChI is InChI=1S/C28H36N4O3/c1-6-18(7-2)24-26(33)30-23(22-14-19-10-8-9-11-20(19)15-22)27(34)32(24)25(28(35)31(4)5)21-13-12-17(3)29-16-21/h8-13,16,18,22-25H,6-7,14-15H2,1-5H3,(H,30,33)/t23-,24-,25-/m1/s1. The van der Waals surface area contributed by atoms with Gasteiger partial charge < -0.3 is 15.1 Å². The molecule has 0 radical (unpaired) electrons. The number of nitrogens with one attached hydrogen (secondary N) is 1. The molecule has 0 spiro atoms. The molecule has 1 N–H and O–H groups in total. The summed E-state index contributed by atoms with van der Waals surface area (Å²) in [5.41, 5.74) is 3.89. The smallest absolute Gasteiger partial charge is 0.249 e.